The quantitative estimate of drug-likeness (QED) is 0.200. The second-order valence-corrected chi connectivity index (χ2v) is 10.0. The SMILES string of the molecule is C/C=C\C(=N)c1ccc(-c2cc(C#N)cc(-c3cccc(-c4nc(-c5ccccc5)nc(-c5ccccc5)n4)c3)c2)cc1. The molecule has 0 bridgehead atoms. The molecule has 0 aliphatic carbocycles. The van der Waals surface area contributed by atoms with Gasteiger partial charge in [0.2, 0.25) is 0 Å². The first-order valence-electron chi connectivity index (χ1n) is 14.0. The largest absolute Gasteiger partial charge is 0.300 e. The lowest BCUT2D eigenvalue weighted by atomic mass is 9.94. The predicted octanol–water partition coefficient (Wildman–Crippen LogP) is 9.02. The fourth-order valence-electron chi connectivity index (χ4n) is 4.91. The van der Waals surface area contributed by atoms with Crippen LogP contribution in [0.2, 0.25) is 0 Å². The molecule has 0 radical (unpaired) electrons. The third kappa shape index (κ3) is 6.04. The van der Waals surface area contributed by atoms with Gasteiger partial charge in [-0.05, 0) is 65.1 Å². The normalized spacial score (nSPS) is 10.9. The number of aromatic nitrogens is 3. The molecule has 0 atom stereocenters. The predicted molar refractivity (Wildman–Crippen MR) is 173 cm³/mol. The highest BCUT2D eigenvalue weighted by Gasteiger charge is 2.13. The van der Waals surface area contributed by atoms with Gasteiger partial charge in [-0.2, -0.15) is 5.26 Å². The van der Waals surface area contributed by atoms with Crippen molar-refractivity contribution in [2.24, 2.45) is 0 Å². The Morgan fingerprint density at radius 2 is 1.05 bits per heavy atom. The number of allylic oxidation sites excluding steroid dienone is 2. The Morgan fingerprint density at radius 1 is 0.558 bits per heavy atom. The summed E-state index contributed by atoms with van der Waals surface area (Å²) in [5, 5.41) is 18.0. The van der Waals surface area contributed by atoms with Gasteiger partial charge in [-0.1, -0.05) is 109 Å². The van der Waals surface area contributed by atoms with Gasteiger partial charge >= 0.3 is 0 Å². The van der Waals surface area contributed by atoms with Crippen LogP contribution < -0.4 is 0 Å². The molecule has 5 aromatic carbocycles. The van der Waals surface area contributed by atoms with Crippen LogP contribution in [0.15, 0.2) is 140 Å². The zero-order valence-corrected chi connectivity index (χ0v) is 23.6. The van der Waals surface area contributed by atoms with E-state index in [1.807, 2.05) is 128 Å². The minimum Gasteiger partial charge on any atom is -0.300 e. The molecule has 0 saturated heterocycles. The van der Waals surface area contributed by atoms with Crippen LogP contribution in [0.3, 0.4) is 0 Å². The van der Waals surface area contributed by atoms with Crippen molar-refractivity contribution in [3.63, 3.8) is 0 Å². The first kappa shape index (κ1) is 27.2. The molecule has 43 heavy (non-hydrogen) atoms. The third-order valence-electron chi connectivity index (χ3n) is 7.08. The number of nitrogens with one attached hydrogen (secondary N) is 1. The fraction of sp³-hybridized carbons (Fsp3) is 0.0263. The highest BCUT2D eigenvalue weighted by atomic mass is 15.0. The molecule has 0 amide bonds. The summed E-state index contributed by atoms with van der Waals surface area (Å²) < 4.78 is 0. The van der Waals surface area contributed by atoms with E-state index in [-0.39, 0.29) is 0 Å². The lowest BCUT2D eigenvalue weighted by molar-refractivity contribution is 1.07. The number of hydrogen-bond donors (Lipinski definition) is 1. The fourth-order valence-corrected chi connectivity index (χ4v) is 4.91. The van der Waals surface area contributed by atoms with Crippen molar-refractivity contribution < 1.29 is 0 Å². The minimum absolute atomic E-state index is 0.460. The Morgan fingerprint density at radius 3 is 1.60 bits per heavy atom. The average molecular weight is 554 g/mol. The molecule has 6 rings (SSSR count). The first-order valence-corrected chi connectivity index (χ1v) is 14.0. The van der Waals surface area contributed by atoms with Gasteiger partial charge in [0.15, 0.2) is 17.5 Å². The van der Waals surface area contributed by atoms with Gasteiger partial charge in [-0.3, -0.25) is 0 Å². The van der Waals surface area contributed by atoms with Crippen molar-refractivity contribution in [3.8, 4) is 62.5 Å². The van der Waals surface area contributed by atoms with Gasteiger partial charge in [0, 0.05) is 16.7 Å². The average Bonchev–Trinajstić information content (AvgIpc) is 3.09. The van der Waals surface area contributed by atoms with Crippen LogP contribution in [0.4, 0.5) is 0 Å². The summed E-state index contributed by atoms with van der Waals surface area (Å²) in [6, 6.07) is 43.9. The molecule has 1 N–H and O–H groups in total. The van der Waals surface area contributed by atoms with Gasteiger partial charge in [0.05, 0.1) is 17.3 Å². The van der Waals surface area contributed by atoms with E-state index in [9.17, 15) is 5.26 Å². The van der Waals surface area contributed by atoms with E-state index in [1.54, 1.807) is 6.08 Å². The molecule has 5 nitrogen and oxygen atoms in total. The zero-order valence-electron chi connectivity index (χ0n) is 23.6. The molecule has 204 valence electrons. The Hall–Kier alpha value is -5.99. The van der Waals surface area contributed by atoms with Gasteiger partial charge < -0.3 is 5.41 Å². The van der Waals surface area contributed by atoms with Gasteiger partial charge in [-0.15, -0.1) is 0 Å². The summed E-state index contributed by atoms with van der Waals surface area (Å²) in [6.45, 7) is 1.90. The molecule has 0 fully saturated rings. The van der Waals surface area contributed by atoms with Crippen LogP contribution in [-0.4, -0.2) is 20.7 Å². The Balaban J connectivity index is 1.42. The zero-order chi connectivity index (χ0) is 29.6. The molecule has 0 unspecified atom stereocenters. The van der Waals surface area contributed by atoms with Crippen LogP contribution in [0, 0.1) is 16.7 Å². The van der Waals surface area contributed by atoms with E-state index in [1.165, 1.54) is 0 Å². The van der Waals surface area contributed by atoms with Crippen LogP contribution in [-0.2, 0) is 0 Å². The maximum atomic E-state index is 9.85. The molecule has 0 saturated carbocycles. The summed E-state index contributed by atoms with van der Waals surface area (Å²) in [5.74, 6) is 1.79. The van der Waals surface area contributed by atoms with Crippen molar-refractivity contribution in [1.29, 1.82) is 10.7 Å². The number of rotatable bonds is 7. The van der Waals surface area contributed by atoms with E-state index in [0.29, 0.717) is 28.7 Å². The third-order valence-corrected chi connectivity index (χ3v) is 7.08. The summed E-state index contributed by atoms with van der Waals surface area (Å²) >= 11 is 0. The summed E-state index contributed by atoms with van der Waals surface area (Å²) in [4.78, 5) is 14.5. The molecule has 0 spiro atoms. The number of benzene rings is 5. The van der Waals surface area contributed by atoms with E-state index in [0.717, 1.165) is 44.5 Å². The molecule has 0 aliphatic rings. The monoisotopic (exact) mass is 553 g/mol. The van der Waals surface area contributed by atoms with Gasteiger partial charge in [0.1, 0.15) is 0 Å². The lowest BCUT2D eigenvalue weighted by Gasteiger charge is -2.11. The molecule has 1 aromatic heterocycles. The minimum atomic E-state index is 0.460. The van der Waals surface area contributed by atoms with Gasteiger partial charge in [-0.25, -0.2) is 15.0 Å². The second kappa shape index (κ2) is 12.3. The van der Waals surface area contributed by atoms with Crippen molar-refractivity contribution in [2.45, 2.75) is 6.92 Å². The highest BCUT2D eigenvalue weighted by Crippen LogP contribution is 2.32. The molecular formula is C38H27N5. The van der Waals surface area contributed by atoms with E-state index >= 15 is 0 Å². The molecule has 1 heterocycles. The number of hydrogen-bond acceptors (Lipinski definition) is 5. The number of nitrogens with zero attached hydrogens (tertiary/aromatic N) is 4. The summed E-state index contributed by atoms with van der Waals surface area (Å²) in [7, 11) is 0. The molecule has 5 heteroatoms. The van der Waals surface area contributed by atoms with Crippen molar-refractivity contribution in [3.05, 3.63) is 151 Å². The van der Waals surface area contributed by atoms with Gasteiger partial charge in [0.25, 0.3) is 0 Å². The smallest absolute Gasteiger partial charge is 0.164 e. The Kier molecular flexibility index (Phi) is 7.75. The first-order chi connectivity index (χ1) is 21.1. The van der Waals surface area contributed by atoms with E-state index in [4.69, 9.17) is 20.4 Å². The van der Waals surface area contributed by atoms with Crippen molar-refractivity contribution >= 4 is 5.71 Å². The standard InChI is InChI=1S/C38H27N5/c1-2-10-35(40)28-19-17-27(18-20-28)33-21-26(25-39)22-34(24-33)31-15-9-16-32(23-31)38-42-36(29-11-5-3-6-12-29)41-37(43-38)30-13-7-4-8-14-30/h2-24,40H,1H3/b10-2-,40-35?. The highest BCUT2D eigenvalue weighted by molar-refractivity contribution is 6.06. The van der Waals surface area contributed by atoms with Crippen molar-refractivity contribution in [2.75, 3.05) is 0 Å². The van der Waals surface area contributed by atoms with Crippen LogP contribution >= 0.6 is 0 Å². The summed E-state index contributed by atoms with van der Waals surface area (Å²) in [5.41, 5.74) is 8.33. The van der Waals surface area contributed by atoms with Crippen LogP contribution in [0.5, 0.6) is 0 Å². The Labute approximate surface area is 251 Å². The van der Waals surface area contributed by atoms with Crippen molar-refractivity contribution in [1.82, 2.24) is 15.0 Å². The maximum Gasteiger partial charge on any atom is 0.164 e. The van der Waals surface area contributed by atoms with Crippen LogP contribution in [0.1, 0.15) is 18.1 Å². The number of nitriles is 1. The lowest BCUT2D eigenvalue weighted by Crippen LogP contribution is -2.00. The summed E-state index contributed by atoms with van der Waals surface area (Å²) in [6.07, 6.45) is 3.63. The molecule has 0 aliphatic heterocycles. The molecule has 6 aromatic rings. The Bertz CT molecular complexity index is 1930. The topological polar surface area (TPSA) is 86.3 Å². The maximum absolute atomic E-state index is 9.85. The van der Waals surface area contributed by atoms with E-state index in [2.05, 4.69) is 18.2 Å². The second-order valence-electron chi connectivity index (χ2n) is 10.0. The van der Waals surface area contributed by atoms with E-state index < -0.39 is 0 Å². The molecular weight excluding hydrogens is 526 g/mol. The van der Waals surface area contributed by atoms with Crippen LogP contribution in [0.25, 0.3) is 56.4 Å².